The lowest BCUT2D eigenvalue weighted by Crippen LogP contribution is -2.06. The standard InChI is InChI=1S/C17H20BrNO2/c18-16-8-3-1-7-15(16)13-20-10-5-11-21-17-9-4-2-6-14(17)12-19/h1-4,6-9H,5,10-13,19H2. The second kappa shape index (κ2) is 8.82. The summed E-state index contributed by atoms with van der Waals surface area (Å²) in [6.45, 7) is 2.41. The Balaban J connectivity index is 1.65. The highest BCUT2D eigenvalue weighted by molar-refractivity contribution is 9.10. The minimum atomic E-state index is 0.495. The van der Waals surface area contributed by atoms with Crippen molar-refractivity contribution in [3.8, 4) is 5.75 Å². The molecule has 0 unspecified atom stereocenters. The van der Waals surface area contributed by atoms with Gasteiger partial charge < -0.3 is 15.2 Å². The Labute approximate surface area is 134 Å². The molecule has 0 fully saturated rings. The average Bonchev–Trinajstić information content (AvgIpc) is 2.52. The minimum absolute atomic E-state index is 0.495. The molecule has 0 radical (unpaired) electrons. The predicted octanol–water partition coefficient (Wildman–Crippen LogP) is 3.89. The van der Waals surface area contributed by atoms with E-state index in [1.165, 1.54) is 0 Å². The molecule has 2 rings (SSSR count). The van der Waals surface area contributed by atoms with Crippen molar-refractivity contribution in [3.63, 3.8) is 0 Å². The van der Waals surface area contributed by atoms with Crippen LogP contribution in [0.1, 0.15) is 17.5 Å². The molecule has 0 spiro atoms. The van der Waals surface area contributed by atoms with Crippen molar-refractivity contribution in [3.05, 3.63) is 64.1 Å². The molecule has 0 bridgehead atoms. The summed E-state index contributed by atoms with van der Waals surface area (Å²) in [5, 5.41) is 0. The Kier molecular flexibility index (Phi) is 6.73. The number of rotatable bonds is 8. The van der Waals surface area contributed by atoms with E-state index in [-0.39, 0.29) is 0 Å². The Bertz CT molecular complexity index is 560. The van der Waals surface area contributed by atoms with E-state index in [0.717, 1.165) is 27.8 Å². The molecule has 0 aliphatic rings. The van der Waals surface area contributed by atoms with Crippen molar-refractivity contribution in [2.24, 2.45) is 5.73 Å². The lowest BCUT2D eigenvalue weighted by molar-refractivity contribution is 0.107. The Morgan fingerprint density at radius 1 is 0.905 bits per heavy atom. The second-order valence-corrected chi connectivity index (χ2v) is 5.51. The Morgan fingerprint density at radius 2 is 1.62 bits per heavy atom. The molecule has 0 aliphatic heterocycles. The number of hydrogen-bond donors (Lipinski definition) is 1. The van der Waals surface area contributed by atoms with Gasteiger partial charge in [0.15, 0.2) is 0 Å². The van der Waals surface area contributed by atoms with Crippen molar-refractivity contribution < 1.29 is 9.47 Å². The molecule has 0 amide bonds. The van der Waals surface area contributed by atoms with Crippen molar-refractivity contribution in [1.82, 2.24) is 0 Å². The summed E-state index contributed by atoms with van der Waals surface area (Å²) in [7, 11) is 0. The molecule has 2 aromatic carbocycles. The van der Waals surface area contributed by atoms with Gasteiger partial charge in [-0.2, -0.15) is 0 Å². The third-order valence-electron chi connectivity index (χ3n) is 3.10. The molecule has 0 atom stereocenters. The van der Waals surface area contributed by atoms with Crippen LogP contribution in [-0.4, -0.2) is 13.2 Å². The van der Waals surface area contributed by atoms with Crippen molar-refractivity contribution >= 4 is 15.9 Å². The molecule has 0 saturated carbocycles. The van der Waals surface area contributed by atoms with E-state index >= 15 is 0 Å². The first-order valence-electron chi connectivity index (χ1n) is 7.03. The van der Waals surface area contributed by atoms with Crippen LogP contribution in [0.5, 0.6) is 5.75 Å². The summed E-state index contributed by atoms with van der Waals surface area (Å²) in [6, 6.07) is 15.9. The number of para-hydroxylation sites is 1. The van der Waals surface area contributed by atoms with Gasteiger partial charge >= 0.3 is 0 Å². The summed E-state index contributed by atoms with van der Waals surface area (Å²) >= 11 is 3.51. The van der Waals surface area contributed by atoms with Crippen molar-refractivity contribution in [2.75, 3.05) is 13.2 Å². The topological polar surface area (TPSA) is 44.5 Å². The van der Waals surface area contributed by atoms with Crippen molar-refractivity contribution in [2.45, 2.75) is 19.6 Å². The van der Waals surface area contributed by atoms with Crippen LogP contribution in [0.2, 0.25) is 0 Å². The SMILES string of the molecule is NCc1ccccc1OCCCOCc1ccccc1Br. The Morgan fingerprint density at radius 3 is 2.38 bits per heavy atom. The molecule has 0 aromatic heterocycles. The fourth-order valence-electron chi connectivity index (χ4n) is 1.95. The number of ether oxygens (including phenoxy) is 2. The van der Waals surface area contributed by atoms with E-state index < -0.39 is 0 Å². The van der Waals surface area contributed by atoms with Crippen LogP contribution in [0.3, 0.4) is 0 Å². The van der Waals surface area contributed by atoms with Gasteiger partial charge in [-0.05, 0) is 17.7 Å². The van der Waals surface area contributed by atoms with Crippen LogP contribution < -0.4 is 10.5 Å². The number of hydrogen-bond acceptors (Lipinski definition) is 3. The minimum Gasteiger partial charge on any atom is -0.493 e. The molecule has 4 heteroatoms. The van der Waals surface area contributed by atoms with Crippen molar-refractivity contribution in [1.29, 1.82) is 0 Å². The summed E-state index contributed by atoms with van der Waals surface area (Å²) in [4.78, 5) is 0. The molecule has 0 aliphatic carbocycles. The van der Waals surface area contributed by atoms with Gasteiger partial charge in [0.2, 0.25) is 0 Å². The first-order chi connectivity index (χ1) is 10.3. The zero-order valence-corrected chi connectivity index (χ0v) is 13.5. The number of halogens is 1. The maximum atomic E-state index is 5.73. The molecular weight excluding hydrogens is 330 g/mol. The van der Waals surface area contributed by atoms with Gasteiger partial charge in [0.05, 0.1) is 19.8 Å². The second-order valence-electron chi connectivity index (χ2n) is 4.66. The van der Waals surface area contributed by atoms with Gasteiger partial charge in [0.25, 0.3) is 0 Å². The lowest BCUT2D eigenvalue weighted by Gasteiger charge is -2.10. The van der Waals surface area contributed by atoms with Crippen LogP contribution in [-0.2, 0) is 17.9 Å². The van der Waals surface area contributed by atoms with E-state index in [2.05, 4.69) is 22.0 Å². The highest BCUT2D eigenvalue weighted by atomic mass is 79.9. The summed E-state index contributed by atoms with van der Waals surface area (Å²) in [6.07, 6.45) is 0.851. The van der Waals surface area contributed by atoms with Gasteiger partial charge in [-0.15, -0.1) is 0 Å². The van der Waals surface area contributed by atoms with Gasteiger partial charge in [0, 0.05) is 23.0 Å². The van der Waals surface area contributed by atoms with Gasteiger partial charge in [-0.3, -0.25) is 0 Å². The predicted molar refractivity (Wildman–Crippen MR) is 88.2 cm³/mol. The number of benzene rings is 2. The van der Waals surface area contributed by atoms with Crippen LogP contribution in [0.25, 0.3) is 0 Å². The molecule has 2 aromatic rings. The third kappa shape index (κ3) is 5.16. The largest absolute Gasteiger partial charge is 0.493 e. The zero-order valence-electron chi connectivity index (χ0n) is 11.9. The molecule has 2 N–H and O–H groups in total. The molecular formula is C17H20BrNO2. The number of nitrogens with two attached hydrogens (primary N) is 1. The van der Waals surface area contributed by atoms with Gasteiger partial charge in [-0.1, -0.05) is 52.3 Å². The van der Waals surface area contributed by atoms with E-state index in [0.29, 0.717) is 26.4 Å². The molecule has 112 valence electrons. The summed E-state index contributed by atoms with van der Waals surface area (Å²) in [5.41, 5.74) is 7.87. The van der Waals surface area contributed by atoms with E-state index in [1.807, 2.05) is 42.5 Å². The quantitative estimate of drug-likeness (QED) is 0.735. The fraction of sp³-hybridized carbons (Fsp3) is 0.294. The van der Waals surface area contributed by atoms with Crippen LogP contribution in [0.4, 0.5) is 0 Å². The van der Waals surface area contributed by atoms with Gasteiger partial charge in [0.1, 0.15) is 5.75 Å². The normalized spacial score (nSPS) is 10.6. The van der Waals surface area contributed by atoms with Crippen LogP contribution in [0.15, 0.2) is 53.0 Å². The zero-order chi connectivity index (χ0) is 14.9. The highest BCUT2D eigenvalue weighted by Gasteiger charge is 2.01. The third-order valence-corrected chi connectivity index (χ3v) is 3.87. The highest BCUT2D eigenvalue weighted by Crippen LogP contribution is 2.18. The lowest BCUT2D eigenvalue weighted by atomic mass is 10.2. The summed E-state index contributed by atoms with van der Waals surface area (Å²) < 4.78 is 12.5. The molecule has 0 saturated heterocycles. The van der Waals surface area contributed by atoms with E-state index in [4.69, 9.17) is 15.2 Å². The van der Waals surface area contributed by atoms with Crippen LogP contribution in [0, 0.1) is 0 Å². The summed E-state index contributed by atoms with van der Waals surface area (Å²) in [5.74, 6) is 0.866. The first-order valence-corrected chi connectivity index (χ1v) is 7.82. The van der Waals surface area contributed by atoms with E-state index in [9.17, 15) is 0 Å². The van der Waals surface area contributed by atoms with Gasteiger partial charge in [-0.25, -0.2) is 0 Å². The average molecular weight is 350 g/mol. The molecule has 0 heterocycles. The monoisotopic (exact) mass is 349 g/mol. The maximum Gasteiger partial charge on any atom is 0.123 e. The smallest absolute Gasteiger partial charge is 0.123 e. The Hall–Kier alpha value is -1.36. The first kappa shape index (κ1) is 16.0. The van der Waals surface area contributed by atoms with Crippen LogP contribution >= 0.6 is 15.9 Å². The molecule has 3 nitrogen and oxygen atoms in total. The van der Waals surface area contributed by atoms with E-state index in [1.54, 1.807) is 0 Å². The molecule has 21 heavy (non-hydrogen) atoms. The maximum absolute atomic E-state index is 5.73. The fourth-order valence-corrected chi connectivity index (χ4v) is 2.35.